The molecule has 0 radical (unpaired) electrons. The average molecular weight is 938 g/mol. The molecule has 16 N–H and O–H groups in total. The van der Waals surface area contributed by atoms with Crippen molar-refractivity contribution in [3.63, 3.8) is 0 Å². The highest BCUT2D eigenvalue weighted by Gasteiger charge is 2.49. The van der Waals surface area contributed by atoms with E-state index in [0.717, 1.165) is 30.3 Å². The predicted molar refractivity (Wildman–Crippen MR) is 215 cm³/mol. The van der Waals surface area contributed by atoms with E-state index in [-0.39, 0.29) is 34.1 Å². The van der Waals surface area contributed by atoms with Crippen molar-refractivity contribution < 1.29 is 119 Å². The van der Waals surface area contributed by atoms with Gasteiger partial charge in [0.1, 0.15) is 103 Å². The first-order valence-electron chi connectivity index (χ1n) is 20.2. The van der Waals surface area contributed by atoms with Gasteiger partial charge in [-0.05, 0) is 35.9 Å². The Hall–Kier alpha value is -5.55. The SMILES string of the molecule is O=C(/C=C/c1ccc(O)cc1)OC[C@H]1O[C@@H](Oc2cc(O)cc3c2C=C(O[C@@H]2O[C@H](CO)[C@@H](O)[C@H](O)[C@@H]2O)C(c2cc(O)c(O)c(O[C@@H]4O[C@H](CO)[C@@H](O)[C@H](O)[C@H]4O)c2)[OH+]3)[C@H](O)[C@@H](O)[C@@H]1O. The smallest absolute Gasteiger partial charge is 0.330 e. The Balaban J connectivity index is 1.19. The number of carbonyl (C=O) groups excluding carboxylic acids is 1. The lowest BCUT2D eigenvalue weighted by Crippen LogP contribution is -2.60. The van der Waals surface area contributed by atoms with E-state index in [4.69, 9.17) is 33.2 Å². The minimum atomic E-state index is -1.98. The molecular formula is C42H49O24+. The number of esters is 1. The molecule has 4 aliphatic rings. The van der Waals surface area contributed by atoms with Crippen LogP contribution >= 0.6 is 0 Å². The molecule has 24 nitrogen and oxygen atoms in total. The Labute approximate surface area is 372 Å². The largest absolute Gasteiger partial charge is 0.571 e. The van der Waals surface area contributed by atoms with E-state index in [2.05, 4.69) is 4.74 Å². The van der Waals surface area contributed by atoms with Gasteiger partial charge in [-0.25, -0.2) is 4.79 Å². The number of phenolic OH excluding ortho intramolecular Hbond substituents is 4. The minimum Gasteiger partial charge on any atom is -0.571 e. The Morgan fingerprint density at radius 3 is 1.71 bits per heavy atom. The van der Waals surface area contributed by atoms with Crippen LogP contribution in [0.3, 0.4) is 0 Å². The van der Waals surface area contributed by atoms with Gasteiger partial charge in [0.25, 0.3) is 11.9 Å². The lowest BCUT2D eigenvalue weighted by molar-refractivity contribution is -0.295. The third-order valence-electron chi connectivity index (χ3n) is 11.1. The molecule has 4 aliphatic heterocycles. The van der Waals surface area contributed by atoms with Gasteiger partial charge in [0, 0.05) is 18.2 Å². The summed E-state index contributed by atoms with van der Waals surface area (Å²) >= 11 is 0. The van der Waals surface area contributed by atoms with E-state index in [9.17, 15) is 81.4 Å². The van der Waals surface area contributed by atoms with Crippen molar-refractivity contribution in [3.05, 3.63) is 77.1 Å². The third kappa shape index (κ3) is 10.1. The fourth-order valence-electron chi connectivity index (χ4n) is 7.40. The summed E-state index contributed by atoms with van der Waals surface area (Å²) in [5, 5.41) is 157. The number of rotatable bonds is 13. The monoisotopic (exact) mass is 937 g/mol. The second kappa shape index (κ2) is 20.1. The molecule has 1 unspecified atom stereocenters. The maximum atomic E-state index is 12.5. The minimum absolute atomic E-state index is 0.00731. The molecule has 0 aliphatic carbocycles. The number of aliphatic hydroxyl groups excluding tert-OH is 11. The molecule has 66 heavy (non-hydrogen) atoms. The second-order valence-electron chi connectivity index (χ2n) is 15.7. The summed E-state index contributed by atoms with van der Waals surface area (Å²) in [6, 6.07) is 10.1. The van der Waals surface area contributed by atoms with Crippen molar-refractivity contribution in [1.29, 1.82) is 0 Å². The first-order valence-corrected chi connectivity index (χ1v) is 20.2. The van der Waals surface area contributed by atoms with Crippen molar-refractivity contribution in [1.82, 2.24) is 0 Å². The summed E-state index contributed by atoms with van der Waals surface area (Å²) in [6.07, 6.45) is -24.8. The zero-order chi connectivity index (χ0) is 47.7. The number of benzene rings is 3. The van der Waals surface area contributed by atoms with E-state index in [1.165, 1.54) is 36.4 Å². The average Bonchev–Trinajstić information content (AvgIpc) is 3.30. The molecule has 3 fully saturated rings. The summed E-state index contributed by atoms with van der Waals surface area (Å²) in [7, 11) is 0. The molecule has 360 valence electrons. The number of hydrogen-bond acceptors (Lipinski definition) is 23. The van der Waals surface area contributed by atoms with Gasteiger partial charge in [0.05, 0.1) is 24.8 Å². The van der Waals surface area contributed by atoms with Crippen LogP contribution in [0.1, 0.15) is 22.8 Å². The molecule has 7 rings (SSSR count). The maximum Gasteiger partial charge on any atom is 0.330 e. The van der Waals surface area contributed by atoms with Crippen molar-refractivity contribution in [3.8, 4) is 40.2 Å². The lowest BCUT2D eigenvalue weighted by atomic mass is 9.98. The highest BCUT2D eigenvalue weighted by molar-refractivity contribution is 5.87. The molecule has 0 spiro atoms. The van der Waals surface area contributed by atoms with Gasteiger partial charge in [-0.2, -0.15) is 0 Å². The van der Waals surface area contributed by atoms with E-state index in [1.807, 2.05) is 0 Å². The van der Waals surface area contributed by atoms with Crippen molar-refractivity contribution >= 4 is 18.1 Å². The Morgan fingerprint density at radius 1 is 0.606 bits per heavy atom. The van der Waals surface area contributed by atoms with E-state index >= 15 is 0 Å². The van der Waals surface area contributed by atoms with Gasteiger partial charge in [-0.3, -0.25) is 0 Å². The number of aromatic hydroxyl groups is 5. The maximum absolute atomic E-state index is 12.5. The fourth-order valence-corrected chi connectivity index (χ4v) is 7.40. The van der Waals surface area contributed by atoms with Crippen LogP contribution in [0, 0.1) is 0 Å². The van der Waals surface area contributed by atoms with Crippen molar-refractivity contribution in [2.45, 2.75) is 98.2 Å². The highest BCUT2D eigenvalue weighted by atomic mass is 16.7. The van der Waals surface area contributed by atoms with Crippen LogP contribution in [0.5, 0.6) is 40.2 Å². The molecule has 3 aromatic carbocycles. The van der Waals surface area contributed by atoms with Crippen LogP contribution in [0.4, 0.5) is 0 Å². The molecule has 16 atom stereocenters. The standard InChI is InChI=1S/C42H48O24/c43-12-25-30(50)33(53)36(56)41(64-25)62-23-8-16(7-20(47)29(23)49)39-24(63-42-37(57)34(54)31(51)26(13-44)65-42)11-19-21(60-39)9-18(46)10-22(19)61-40-38(58)35(55)32(52)27(66-40)14-59-28(48)6-3-15-1-4-17(45)5-2-15/h1-11,25-27,30-47,49-58H,12-14H2/p+1/b6-3+/t25-,26-,27-,30-,31-,32-,33+,34+,35+,36-,37+,38-,39?,40-,41-,42-/m1/s1. The topological polar surface area (TPSA) is 398 Å². The number of hydrogen-bond donors (Lipinski definition) is 15. The van der Waals surface area contributed by atoms with Crippen LogP contribution < -0.4 is 9.47 Å². The fraction of sp³-hybridized carbons (Fsp3) is 0.452. The second-order valence-corrected chi connectivity index (χ2v) is 15.7. The summed E-state index contributed by atoms with van der Waals surface area (Å²) in [5.74, 6) is -4.56. The number of ether oxygens (including phenoxy) is 8. The van der Waals surface area contributed by atoms with E-state index < -0.39 is 147 Å². The van der Waals surface area contributed by atoms with Gasteiger partial charge >= 0.3 is 5.97 Å². The van der Waals surface area contributed by atoms with Crippen molar-refractivity contribution in [2.24, 2.45) is 0 Å². The summed E-state index contributed by atoms with van der Waals surface area (Å²) < 4.78 is 44.1. The predicted octanol–water partition coefficient (Wildman–Crippen LogP) is -3.72. The van der Waals surface area contributed by atoms with E-state index in [0.29, 0.717) is 5.56 Å². The quantitative estimate of drug-likeness (QED) is 0.0339. The number of fused-ring (bicyclic) bond motifs is 1. The van der Waals surface area contributed by atoms with Gasteiger partial charge in [-0.15, -0.1) is 0 Å². The molecule has 0 bridgehead atoms. The summed E-state index contributed by atoms with van der Waals surface area (Å²) in [5.41, 5.74) is 0.361. The van der Waals surface area contributed by atoms with Gasteiger partial charge in [-0.1, -0.05) is 12.1 Å². The molecule has 0 amide bonds. The molecule has 24 heteroatoms. The molecular weight excluding hydrogens is 888 g/mol. The molecule has 3 aromatic rings. The Morgan fingerprint density at radius 2 is 1.14 bits per heavy atom. The van der Waals surface area contributed by atoms with Crippen LogP contribution in [0.2, 0.25) is 0 Å². The molecule has 4 heterocycles. The van der Waals surface area contributed by atoms with Crippen LogP contribution in [0.25, 0.3) is 12.2 Å². The van der Waals surface area contributed by atoms with E-state index in [1.54, 1.807) is 0 Å². The molecule has 3 saturated heterocycles. The Kier molecular flexibility index (Phi) is 14.8. The zero-order valence-electron chi connectivity index (χ0n) is 34.1. The van der Waals surface area contributed by atoms with Gasteiger partial charge in [0.2, 0.25) is 24.6 Å². The van der Waals surface area contributed by atoms with Gasteiger partial charge in [0.15, 0.2) is 17.3 Å². The first-order chi connectivity index (χ1) is 31.4. The molecule has 0 saturated carbocycles. The number of phenols is 4. The Bertz CT molecular complexity index is 2230. The zero-order valence-corrected chi connectivity index (χ0v) is 34.1. The third-order valence-corrected chi connectivity index (χ3v) is 11.1. The summed E-state index contributed by atoms with van der Waals surface area (Å²) in [4.78, 5) is 12.5. The molecule has 0 aromatic heterocycles. The summed E-state index contributed by atoms with van der Waals surface area (Å²) in [6.45, 7) is -2.32. The van der Waals surface area contributed by atoms with Crippen LogP contribution in [-0.2, 0) is 28.5 Å². The first kappa shape index (κ1) is 48.4. The van der Waals surface area contributed by atoms with Crippen LogP contribution in [-0.4, -0.2) is 199 Å². The normalized spacial score (nSPS) is 34.4. The lowest BCUT2D eigenvalue weighted by Gasteiger charge is -2.41. The van der Waals surface area contributed by atoms with Crippen molar-refractivity contribution in [2.75, 3.05) is 19.8 Å². The van der Waals surface area contributed by atoms with Crippen LogP contribution in [0.15, 0.2) is 60.4 Å². The highest BCUT2D eigenvalue weighted by Crippen LogP contribution is 2.49. The number of aliphatic hydroxyl groups is 12. The number of carbonyl (C=O) groups is 1. The van der Waals surface area contributed by atoms with Gasteiger partial charge < -0.3 is 114 Å².